The van der Waals surface area contributed by atoms with E-state index >= 15 is 0 Å². The predicted molar refractivity (Wildman–Crippen MR) is 82.7 cm³/mol. The molecular formula is C14H14N6O4. The molecule has 124 valence electrons. The lowest BCUT2D eigenvalue weighted by Crippen LogP contribution is -2.15. The summed E-state index contributed by atoms with van der Waals surface area (Å²) in [5.74, 6) is -0.0302. The SMILES string of the molecule is CCOc1ccccc1-c1nnc(NC(=O)c2nn(C)c(=O)[nH]2)o1. The number of nitrogens with zero attached hydrogens (tertiary/aromatic N) is 4. The second kappa shape index (κ2) is 6.36. The maximum absolute atomic E-state index is 12.0. The van der Waals surface area contributed by atoms with Crippen LogP contribution in [0, 0.1) is 0 Å². The summed E-state index contributed by atoms with van der Waals surface area (Å²) < 4.78 is 11.9. The summed E-state index contributed by atoms with van der Waals surface area (Å²) >= 11 is 0. The monoisotopic (exact) mass is 330 g/mol. The van der Waals surface area contributed by atoms with E-state index in [1.54, 1.807) is 18.2 Å². The lowest BCUT2D eigenvalue weighted by atomic mass is 10.2. The Morgan fingerprint density at radius 3 is 2.88 bits per heavy atom. The highest BCUT2D eigenvalue weighted by Gasteiger charge is 2.17. The van der Waals surface area contributed by atoms with Gasteiger partial charge in [-0.15, -0.1) is 10.2 Å². The summed E-state index contributed by atoms with van der Waals surface area (Å²) in [5, 5.41) is 13.8. The smallest absolute Gasteiger partial charge is 0.343 e. The molecule has 1 amide bonds. The average Bonchev–Trinajstić information content (AvgIpc) is 3.16. The van der Waals surface area contributed by atoms with Gasteiger partial charge in [-0.25, -0.2) is 9.48 Å². The molecule has 2 aromatic heterocycles. The molecule has 2 heterocycles. The third kappa shape index (κ3) is 3.02. The molecule has 0 spiro atoms. The minimum atomic E-state index is -0.666. The number of rotatable bonds is 5. The van der Waals surface area contributed by atoms with Crippen LogP contribution in [0.4, 0.5) is 6.01 Å². The Balaban J connectivity index is 1.81. The van der Waals surface area contributed by atoms with Crippen molar-refractivity contribution < 1.29 is 13.9 Å². The van der Waals surface area contributed by atoms with E-state index in [1.165, 1.54) is 7.05 Å². The van der Waals surface area contributed by atoms with Gasteiger partial charge in [0.2, 0.25) is 5.82 Å². The van der Waals surface area contributed by atoms with Gasteiger partial charge in [-0.2, -0.15) is 0 Å². The van der Waals surface area contributed by atoms with Crippen molar-refractivity contribution in [2.45, 2.75) is 6.92 Å². The molecule has 2 N–H and O–H groups in total. The van der Waals surface area contributed by atoms with Crippen LogP contribution in [0.25, 0.3) is 11.5 Å². The zero-order valence-corrected chi connectivity index (χ0v) is 12.9. The van der Waals surface area contributed by atoms with Gasteiger partial charge in [0, 0.05) is 7.05 Å². The number of amides is 1. The van der Waals surface area contributed by atoms with E-state index in [2.05, 4.69) is 25.6 Å². The molecule has 10 nitrogen and oxygen atoms in total. The van der Waals surface area contributed by atoms with Crippen molar-refractivity contribution in [3.63, 3.8) is 0 Å². The number of H-pyrrole nitrogens is 1. The van der Waals surface area contributed by atoms with Crippen LogP contribution in [0.3, 0.4) is 0 Å². The lowest BCUT2D eigenvalue weighted by Gasteiger charge is -2.06. The number of hydrogen-bond acceptors (Lipinski definition) is 7. The Morgan fingerprint density at radius 2 is 2.17 bits per heavy atom. The first-order valence-corrected chi connectivity index (χ1v) is 7.09. The van der Waals surface area contributed by atoms with Crippen molar-refractivity contribution in [3.8, 4) is 17.2 Å². The van der Waals surface area contributed by atoms with Crippen LogP contribution in [-0.4, -0.2) is 37.5 Å². The Labute approximate surface area is 135 Å². The minimum Gasteiger partial charge on any atom is -0.493 e. The Morgan fingerprint density at radius 1 is 1.38 bits per heavy atom. The summed E-state index contributed by atoms with van der Waals surface area (Å²) in [7, 11) is 1.42. The van der Waals surface area contributed by atoms with Gasteiger partial charge >= 0.3 is 11.7 Å². The molecule has 24 heavy (non-hydrogen) atoms. The zero-order valence-electron chi connectivity index (χ0n) is 12.9. The highest BCUT2D eigenvalue weighted by Crippen LogP contribution is 2.29. The largest absolute Gasteiger partial charge is 0.493 e. The number of aromatic nitrogens is 5. The maximum Gasteiger partial charge on any atom is 0.343 e. The first-order chi connectivity index (χ1) is 11.6. The standard InChI is InChI=1S/C14H14N6O4/c1-3-23-9-7-5-4-6-8(9)12-17-18-13(24-12)16-11(21)10-15-14(22)20(2)19-10/h4-7H,3H2,1-2H3,(H,15,19,22)(H,16,18,21). The van der Waals surface area contributed by atoms with E-state index in [4.69, 9.17) is 9.15 Å². The summed E-state index contributed by atoms with van der Waals surface area (Å²) in [5.41, 5.74) is 0.107. The van der Waals surface area contributed by atoms with E-state index in [0.717, 1.165) is 4.68 Å². The third-order valence-electron chi connectivity index (χ3n) is 3.05. The minimum absolute atomic E-state index is 0.118. The molecule has 0 aliphatic rings. The number of nitrogens with one attached hydrogen (secondary N) is 2. The van der Waals surface area contributed by atoms with Crippen LogP contribution in [0.1, 0.15) is 17.5 Å². The molecule has 0 bridgehead atoms. The topological polar surface area (TPSA) is 128 Å². The molecule has 0 atom stereocenters. The van der Waals surface area contributed by atoms with Crippen LogP contribution in [0.5, 0.6) is 5.75 Å². The number of aromatic amines is 1. The van der Waals surface area contributed by atoms with Crippen molar-refractivity contribution in [2.24, 2.45) is 7.05 Å². The Kier molecular flexibility index (Phi) is 4.10. The third-order valence-corrected chi connectivity index (χ3v) is 3.05. The summed E-state index contributed by atoms with van der Waals surface area (Å²) in [6.45, 7) is 2.35. The highest BCUT2D eigenvalue weighted by molar-refractivity contribution is 6.00. The molecular weight excluding hydrogens is 316 g/mol. The van der Waals surface area contributed by atoms with Crippen LogP contribution >= 0.6 is 0 Å². The predicted octanol–water partition coefficient (Wildman–Crippen LogP) is 0.809. The van der Waals surface area contributed by atoms with Gasteiger partial charge in [-0.3, -0.25) is 15.1 Å². The molecule has 1 aromatic carbocycles. The van der Waals surface area contributed by atoms with Gasteiger partial charge in [0.25, 0.3) is 11.8 Å². The number of anilines is 1. The van der Waals surface area contributed by atoms with Crippen LogP contribution in [0.15, 0.2) is 33.5 Å². The van der Waals surface area contributed by atoms with Crippen LogP contribution in [0.2, 0.25) is 0 Å². The molecule has 10 heteroatoms. The van der Waals surface area contributed by atoms with Crippen LogP contribution in [-0.2, 0) is 7.05 Å². The van der Waals surface area contributed by atoms with Gasteiger partial charge < -0.3 is 9.15 Å². The number of carbonyl (C=O) groups is 1. The number of carbonyl (C=O) groups excluding carboxylic acids is 1. The molecule has 3 aromatic rings. The lowest BCUT2D eigenvalue weighted by molar-refractivity contribution is 0.101. The summed E-state index contributed by atoms with van der Waals surface area (Å²) in [6.07, 6.45) is 0. The van der Waals surface area contributed by atoms with Crippen molar-refractivity contribution in [3.05, 3.63) is 40.6 Å². The Hall–Kier alpha value is -3.43. The fourth-order valence-corrected chi connectivity index (χ4v) is 1.97. The Bertz CT molecular complexity index is 925. The van der Waals surface area contributed by atoms with Gasteiger partial charge in [0.15, 0.2) is 0 Å². The summed E-state index contributed by atoms with van der Waals surface area (Å²) in [6, 6.07) is 7.05. The van der Waals surface area contributed by atoms with E-state index in [1.807, 2.05) is 13.0 Å². The van der Waals surface area contributed by atoms with Gasteiger partial charge in [0.05, 0.1) is 12.2 Å². The molecule has 0 fully saturated rings. The zero-order chi connectivity index (χ0) is 17.1. The molecule has 0 saturated carbocycles. The fraction of sp³-hybridized carbons (Fsp3) is 0.214. The molecule has 0 radical (unpaired) electrons. The number of aryl methyl sites for hydroxylation is 1. The van der Waals surface area contributed by atoms with E-state index in [0.29, 0.717) is 17.9 Å². The van der Waals surface area contributed by atoms with E-state index in [9.17, 15) is 9.59 Å². The second-order valence-electron chi connectivity index (χ2n) is 4.70. The molecule has 0 saturated heterocycles. The highest BCUT2D eigenvalue weighted by atomic mass is 16.5. The summed E-state index contributed by atoms with van der Waals surface area (Å²) in [4.78, 5) is 25.6. The van der Waals surface area contributed by atoms with Gasteiger partial charge in [-0.1, -0.05) is 17.2 Å². The van der Waals surface area contributed by atoms with E-state index < -0.39 is 11.6 Å². The first-order valence-electron chi connectivity index (χ1n) is 7.09. The quantitative estimate of drug-likeness (QED) is 0.708. The maximum atomic E-state index is 12.0. The van der Waals surface area contributed by atoms with Gasteiger partial charge in [0.1, 0.15) is 5.75 Å². The fourth-order valence-electron chi connectivity index (χ4n) is 1.97. The molecule has 0 aliphatic heterocycles. The normalized spacial score (nSPS) is 10.6. The van der Waals surface area contributed by atoms with Crippen molar-refractivity contribution in [1.29, 1.82) is 0 Å². The van der Waals surface area contributed by atoms with Gasteiger partial charge in [-0.05, 0) is 19.1 Å². The first kappa shape index (κ1) is 15.5. The average molecular weight is 330 g/mol. The van der Waals surface area contributed by atoms with Crippen molar-refractivity contribution in [1.82, 2.24) is 25.0 Å². The van der Waals surface area contributed by atoms with Crippen molar-refractivity contribution in [2.75, 3.05) is 11.9 Å². The number of para-hydroxylation sites is 1. The number of benzene rings is 1. The molecule has 0 aliphatic carbocycles. The number of hydrogen-bond donors (Lipinski definition) is 2. The molecule has 3 rings (SSSR count). The molecule has 0 unspecified atom stereocenters. The second-order valence-corrected chi connectivity index (χ2v) is 4.70. The number of ether oxygens (including phenoxy) is 1. The van der Waals surface area contributed by atoms with Crippen molar-refractivity contribution >= 4 is 11.9 Å². The van der Waals surface area contributed by atoms with Crippen LogP contribution < -0.4 is 15.7 Å². The van der Waals surface area contributed by atoms with E-state index in [-0.39, 0.29) is 17.7 Å².